The van der Waals surface area contributed by atoms with Crippen molar-refractivity contribution in [2.24, 2.45) is 0 Å². The number of aromatic amines is 1. The molecule has 9 heteroatoms. The number of H-pyrrole nitrogens is 1. The topological polar surface area (TPSA) is 84.8 Å². The Hall–Kier alpha value is -3.95. The summed E-state index contributed by atoms with van der Waals surface area (Å²) < 4.78 is 21.8. The van der Waals surface area contributed by atoms with Crippen LogP contribution in [0.25, 0.3) is 27.8 Å². The maximum absolute atomic E-state index is 14.1. The van der Waals surface area contributed by atoms with Gasteiger partial charge in [0.2, 0.25) is 0 Å². The Labute approximate surface area is 195 Å². The van der Waals surface area contributed by atoms with E-state index < -0.39 is 0 Å². The summed E-state index contributed by atoms with van der Waals surface area (Å²) in [5, 5.41) is 17.3. The van der Waals surface area contributed by atoms with Gasteiger partial charge in [0, 0.05) is 48.5 Å². The molecule has 2 aromatic carbocycles. The van der Waals surface area contributed by atoms with Gasteiger partial charge in [0.15, 0.2) is 0 Å². The molecule has 0 saturated carbocycles. The first-order chi connectivity index (χ1) is 16.7. The largest absolute Gasteiger partial charge is 0.369 e. The molecule has 170 valence electrons. The van der Waals surface area contributed by atoms with Gasteiger partial charge in [-0.05, 0) is 36.4 Å². The lowest BCUT2D eigenvalue weighted by Gasteiger charge is -2.32. The quantitative estimate of drug-likeness (QED) is 0.433. The van der Waals surface area contributed by atoms with Gasteiger partial charge < -0.3 is 4.74 Å². The number of pyridine rings is 1. The molecule has 8 nitrogen and oxygen atoms in total. The molecular formula is C25H22FN7O. The number of fused-ring (bicyclic) bond motifs is 1. The van der Waals surface area contributed by atoms with Gasteiger partial charge in [-0.1, -0.05) is 23.4 Å². The van der Waals surface area contributed by atoms with E-state index in [4.69, 9.17) is 4.74 Å². The molecule has 0 bridgehead atoms. The van der Waals surface area contributed by atoms with Crippen molar-refractivity contribution in [1.82, 2.24) is 35.1 Å². The summed E-state index contributed by atoms with van der Waals surface area (Å²) >= 11 is 0. The van der Waals surface area contributed by atoms with Gasteiger partial charge in [0.25, 0.3) is 0 Å². The second-order valence-electron chi connectivity index (χ2n) is 8.31. The zero-order valence-electron chi connectivity index (χ0n) is 18.3. The van der Waals surface area contributed by atoms with E-state index in [0.717, 1.165) is 40.1 Å². The summed E-state index contributed by atoms with van der Waals surface area (Å²) in [6, 6.07) is 16.8. The zero-order valence-corrected chi connectivity index (χ0v) is 18.3. The molecule has 6 rings (SSSR count). The number of ether oxygens (including phenoxy) is 1. The SMILES string of the molecule is Fc1ccccc1CN1CCOC(c2cn(-c3ccc4[nH]nc(-c5ccncc5)c4c3)nn2)C1. The minimum absolute atomic E-state index is 0.183. The smallest absolute Gasteiger partial charge is 0.127 e. The second kappa shape index (κ2) is 8.77. The summed E-state index contributed by atoms with van der Waals surface area (Å²) in [5.74, 6) is -0.183. The van der Waals surface area contributed by atoms with Crippen molar-refractivity contribution in [3.63, 3.8) is 0 Å². The third-order valence-electron chi connectivity index (χ3n) is 6.11. The zero-order chi connectivity index (χ0) is 22.9. The fourth-order valence-corrected chi connectivity index (χ4v) is 4.32. The highest BCUT2D eigenvalue weighted by molar-refractivity contribution is 5.94. The van der Waals surface area contributed by atoms with Crippen LogP contribution in [-0.2, 0) is 11.3 Å². The molecule has 1 aliphatic heterocycles. The number of nitrogens with zero attached hydrogens (tertiary/aromatic N) is 6. The highest BCUT2D eigenvalue weighted by atomic mass is 19.1. The van der Waals surface area contributed by atoms with Crippen LogP contribution in [0.3, 0.4) is 0 Å². The number of rotatable bonds is 5. The normalized spacial score (nSPS) is 16.8. The Morgan fingerprint density at radius 3 is 2.85 bits per heavy atom. The predicted octanol–water partition coefficient (Wildman–Crippen LogP) is 3.92. The molecule has 5 aromatic rings. The van der Waals surface area contributed by atoms with E-state index in [9.17, 15) is 4.39 Å². The standard InChI is InChI=1S/C25H22FN7O/c26-21-4-2-1-3-18(21)14-32-11-12-34-24(16-32)23-15-33(31-29-23)19-5-6-22-20(13-19)25(30-28-22)17-7-9-27-10-8-17/h1-10,13,15,24H,11-12,14,16H2,(H,28,30). The van der Waals surface area contributed by atoms with E-state index in [1.165, 1.54) is 6.07 Å². The average molecular weight is 455 g/mol. The summed E-state index contributed by atoms with van der Waals surface area (Å²) in [4.78, 5) is 6.27. The highest BCUT2D eigenvalue weighted by Crippen LogP contribution is 2.28. The van der Waals surface area contributed by atoms with Crippen LogP contribution in [0.5, 0.6) is 0 Å². The minimum Gasteiger partial charge on any atom is -0.369 e. The van der Waals surface area contributed by atoms with E-state index in [1.807, 2.05) is 48.7 Å². The van der Waals surface area contributed by atoms with Crippen LogP contribution in [0, 0.1) is 5.82 Å². The number of hydrogen-bond acceptors (Lipinski definition) is 6. The molecule has 4 heterocycles. The Morgan fingerprint density at radius 1 is 1.09 bits per heavy atom. The van der Waals surface area contributed by atoms with Gasteiger partial charge in [-0.15, -0.1) is 5.10 Å². The van der Waals surface area contributed by atoms with Crippen LogP contribution < -0.4 is 0 Å². The van der Waals surface area contributed by atoms with Crippen LogP contribution in [0.2, 0.25) is 0 Å². The summed E-state index contributed by atoms with van der Waals surface area (Å²) in [7, 11) is 0. The van der Waals surface area contributed by atoms with Crippen molar-refractivity contribution in [2.45, 2.75) is 12.6 Å². The Balaban J connectivity index is 1.23. The van der Waals surface area contributed by atoms with Gasteiger partial charge in [-0.3, -0.25) is 15.0 Å². The number of benzene rings is 2. The maximum atomic E-state index is 14.1. The average Bonchev–Trinajstić information content (AvgIpc) is 3.54. The van der Waals surface area contributed by atoms with Crippen LogP contribution in [0.4, 0.5) is 4.39 Å². The lowest BCUT2D eigenvalue weighted by molar-refractivity contribution is -0.0353. The van der Waals surface area contributed by atoms with Gasteiger partial charge in [-0.25, -0.2) is 9.07 Å². The van der Waals surface area contributed by atoms with Crippen molar-refractivity contribution in [2.75, 3.05) is 19.7 Å². The molecule has 1 unspecified atom stereocenters. The molecular weight excluding hydrogens is 433 g/mol. The number of morpholine rings is 1. The lowest BCUT2D eigenvalue weighted by atomic mass is 10.1. The number of aromatic nitrogens is 6. The minimum atomic E-state index is -0.223. The van der Waals surface area contributed by atoms with E-state index >= 15 is 0 Å². The monoisotopic (exact) mass is 455 g/mol. The van der Waals surface area contributed by atoms with Crippen molar-refractivity contribution in [3.05, 3.63) is 90.3 Å². The molecule has 1 atom stereocenters. The van der Waals surface area contributed by atoms with Crippen LogP contribution >= 0.6 is 0 Å². The summed E-state index contributed by atoms with van der Waals surface area (Å²) in [5.41, 5.74) is 5.10. The fourth-order valence-electron chi connectivity index (χ4n) is 4.32. The van der Waals surface area contributed by atoms with Crippen molar-refractivity contribution < 1.29 is 9.13 Å². The molecule has 0 aliphatic carbocycles. The molecule has 0 radical (unpaired) electrons. The first-order valence-corrected chi connectivity index (χ1v) is 11.1. The number of halogens is 1. The molecule has 0 spiro atoms. The maximum Gasteiger partial charge on any atom is 0.127 e. The fraction of sp³-hybridized carbons (Fsp3) is 0.200. The Bertz CT molecular complexity index is 1430. The van der Waals surface area contributed by atoms with Gasteiger partial charge >= 0.3 is 0 Å². The van der Waals surface area contributed by atoms with Crippen molar-refractivity contribution >= 4 is 10.9 Å². The van der Waals surface area contributed by atoms with E-state index in [2.05, 4.69) is 30.4 Å². The molecule has 1 fully saturated rings. The predicted molar refractivity (Wildman–Crippen MR) is 125 cm³/mol. The van der Waals surface area contributed by atoms with Crippen LogP contribution in [0.15, 0.2) is 73.2 Å². The Kier molecular flexibility index (Phi) is 5.32. The highest BCUT2D eigenvalue weighted by Gasteiger charge is 2.25. The summed E-state index contributed by atoms with van der Waals surface area (Å²) in [6.07, 6.45) is 5.18. The third-order valence-corrected chi connectivity index (χ3v) is 6.11. The Morgan fingerprint density at radius 2 is 1.97 bits per heavy atom. The number of nitrogens with one attached hydrogen (secondary N) is 1. The molecule has 1 N–H and O–H groups in total. The molecule has 3 aromatic heterocycles. The number of hydrogen-bond donors (Lipinski definition) is 1. The molecule has 34 heavy (non-hydrogen) atoms. The van der Waals surface area contributed by atoms with Gasteiger partial charge in [-0.2, -0.15) is 5.10 Å². The molecule has 0 amide bonds. The van der Waals surface area contributed by atoms with Crippen LogP contribution in [0.1, 0.15) is 17.4 Å². The first-order valence-electron chi connectivity index (χ1n) is 11.1. The van der Waals surface area contributed by atoms with E-state index in [-0.39, 0.29) is 11.9 Å². The molecule has 1 saturated heterocycles. The van der Waals surface area contributed by atoms with Gasteiger partial charge in [0.05, 0.1) is 24.0 Å². The second-order valence-corrected chi connectivity index (χ2v) is 8.31. The van der Waals surface area contributed by atoms with Crippen LogP contribution in [-0.4, -0.2) is 54.8 Å². The molecule has 1 aliphatic rings. The van der Waals surface area contributed by atoms with Crippen molar-refractivity contribution in [3.8, 4) is 16.9 Å². The first kappa shape index (κ1) is 20.6. The van der Waals surface area contributed by atoms with E-state index in [0.29, 0.717) is 25.3 Å². The third kappa shape index (κ3) is 3.95. The lowest BCUT2D eigenvalue weighted by Crippen LogP contribution is -2.38. The van der Waals surface area contributed by atoms with Gasteiger partial charge in [0.1, 0.15) is 23.3 Å². The summed E-state index contributed by atoms with van der Waals surface area (Å²) in [6.45, 7) is 2.46. The van der Waals surface area contributed by atoms with Crippen molar-refractivity contribution in [1.29, 1.82) is 0 Å². The van der Waals surface area contributed by atoms with E-state index in [1.54, 1.807) is 23.1 Å².